The number of carbonyl (C=O) groups is 1. The van der Waals surface area contributed by atoms with Crippen molar-refractivity contribution in [2.75, 3.05) is 20.2 Å². The Morgan fingerprint density at radius 1 is 1.53 bits per heavy atom. The molecule has 1 heterocycles. The molecule has 2 N–H and O–H groups in total. The van der Waals surface area contributed by atoms with Gasteiger partial charge in [0.1, 0.15) is 0 Å². The standard InChI is InChI=1S/C11H22N2O2/c1-8(2)10(12)11(14)13-6-4-5-9(7-13)15-3/h8-10H,4-7,12H2,1-3H3/t9-,10-/m0/s1. The molecule has 0 spiro atoms. The third kappa shape index (κ3) is 3.18. The molecule has 0 bridgehead atoms. The summed E-state index contributed by atoms with van der Waals surface area (Å²) in [7, 11) is 1.70. The van der Waals surface area contributed by atoms with Gasteiger partial charge in [-0.1, -0.05) is 13.8 Å². The van der Waals surface area contributed by atoms with Gasteiger partial charge in [0.25, 0.3) is 0 Å². The highest BCUT2D eigenvalue weighted by molar-refractivity contribution is 5.82. The van der Waals surface area contributed by atoms with Gasteiger partial charge in [0.2, 0.25) is 5.91 Å². The first kappa shape index (κ1) is 12.5. The van der Waals surface area contributed by atoms with Gasteiger partial charge < -0.3 is 15.4 Å². The average molecular weight is 214 g/mol. The minimum Gasteiger partial charge on any atom is -0.380 e. The lowest BCUT2D eigenvalue weighted by molar-refractivity contribution is -0.137. The van der Waals surface area contributed by atoms with Crippen molar-refractivity contribution >= 4 is 5.91 Å². The van der Waals surface area contributed by atoms with Crippen molar-refractivity contribution in [1.82, 2.24) is 4.90 Å². The maximum absolute atomic E-state index is 11.9. The molecule has 0 aliphatic carbocycles. The number of carbonyl (C=O) groups excluding carboxylic acids is 1. The number of methoxy groups -OCH3 is 1. The maximum Gasteiger partial charge on any atom is 0.239 e. The Kier molecular flexibility index (Phi) is 4.54. The lowest BCUT2D eigenvalue weighted by Gasteiger charge is -2.34. The topological polar surface area (TPSA) is 55.6 Å². The molecule has 1 saturated heterocycles. The molecular weight excluding hydrogens is 192 g/mol. The van der Waals surface area contributed by atoms with E-state index in [1.54, 1.807) is 7.11 Å². The van der Waals surface area contributed by atoms with Crippen LogP contribution in [0.15, 0.2) is 0 Å². The number of amides is 1. The van der Waals surface area contributed by atoms with Crippen LogP contribution in [-0.4, -0.2) is 43.2 Å². The maximum atomic E-state index is 11.9. The Bertz CT molecular complexity index is 219. The zero-order valence-electron chi connectivity index (χ0n) is 9.90. The molecular formula is C11H22N2O2. The molecule has 1 fully saturated rings. The number of hydrogen-bond donors (Lipinski definition) is 1. The van der Waals surface area contributed by atoms with Crippen molar-refractivity contribution in [3.8, 4) is 0 Å². The molecule has 0 unspecified atom stereocenters. The highest BCUT2D eigenvalue weighted by Crippen LogP contribution is 2.14. The number of piperidine rings is 1. The Morgan fingerprint density at radius 2 is 2.20 bits per heavy atom. The van der Waals surface area contributed by atoms with Gasteiger partial charge in [0, 0.05) is 20.2 Å². The van der Waals surface area contributed by atoms with Crippen LogP contribution in [0.3, 0.4) is 0 Å². The Hall–Kier alpha value is -0.610. The molecule has 2 atom stereocenters. The van der Waals surface area contributed by atoms with E-state index in [0.717, 1.165) is 19.4 Å². The van der Waals surface area contributed by atoms with Crippen molar-refractivity contribution < 1.29 is 9.53 Å². The molecule has 0 aromatic carbocycles. The fourth-order valence-electron chi connectivity index (χ4n) is 1.83. The monoisotopic (exact) mass is 214 g/mol. The van der Waals surface area contributed by atoms with Gasteiger partial charge in [0.05, 0.1) is 12.1 Å². The van der Waals surface area contributed by atoms with E-state index < -0.39 is 0 Å². The van der Waals surface area contributed by atoms with Crippen molar-refractivity contribution in [3.63, 3.8) is 0 Å². The van der Waals surface area contributed by atoms with E-state index in [4.69, 9.17) is 10.5 Å². The Morgan fingerprint density at radius 3 is 2.73 bits per heavy atom. The Balaban J connectivity index is 2.52. The van der Waals surface area contributed by atoms with Gasteiger partial charge >= 0.3 is 0 Å². The van der Waals surface area contributed by atoms with Gasteiger partial charge in [-0.05, 0) is 18.8 Å². The van der Waals surface area contributed by atoms with E-state index in [2.05, 4.69) is 0 Å². The molecule has 1 amide bonds. The lowest BCUT2D eigenvalue weighted by Crippen LogP contribution is -2.51. The minimum absolute atomic E-state index is 0.0618. The highest BCUT2D eigenvalue weighted by atomic mass is 16.5. The number of nitrogens with zero attached hydrogens (tertiary/aromatic N) is 1. The van der Waals surface area contributed by atoms with Crippen LogP contribution >= 0.6 is 0 Å². The van der Waals surface area contributed by atoms with Gasteiger partial charge in [-0.2, -0.15) is 0 Å². The quantitative estimate of drug-likeness (QED) is 0.749. The summed E-state index contributed by atoms with van der Waals surface area (Å²) in [5.74, 6) is 0.257. The molecule has 0 aromatic rings. The molecule has 0 radical (unpaired) electrons. The SMILES string of the molecule is CO[C@H]1CCCN(C(=O)[C@@H](N)C(C)C)C1. The highest BCUT2D eigenvalue weighted by Gasteiger charge is 2.28. The van der Waals surface area contributed by atoms with E-state index in [9.17, 15) is 4.79 Å². The van der Waals surface area contributed by atoms with Crippen LogP contribution in [0.4, 0.5) is 0 Å². The smallest absolute Gasteiger partial charge is 0.239 e. The third-order valence-corrected chi connectivity index (χ3v) is 3.03. The molecule has 1 aliphatic rings. The lowest BCUT2D eigenvalue weighted by atomic mass is 10.0. The summed E-state index contributed by atoms with van der Waals surface area (Å²) in [6.45, 7) is 5.45. The predicted octanol–water partition coefficient (Wildman–Crippen LogP) is 0.607. The minimum atomic E-state index is -0.374. The van der Waals surface area contributed by atoms with E-state index in [1.807, 2.05) is 18.7 Å². The molecule has 0 saturated carbocycles. The second-order valence-electron chi connectivity index (χ2n) is 4.55. The number of likely N-dealkylation sites (tertiary alicyclic amines) is 1. The van der Waals surface area contributed by atoms with Crippen LogP contribution < -0.4 is 5.73 Å². The van der Waals surface area contributed by atoms with Gasteiger partial charge in [-0.3, -0.25) is 4.79 Å². The molecule has 1 aliphatic heterocycles. The van der Waals surface area contributed by atoms with E-state index >= 15 is 0 Å². The summed E-state index contributed by atoms with van der Waals surface area (Å²) in [5, 5.41) is 0. The predicted molar refractivity (Wildman–Crippen MR) is 59.4 cm³/mol. The number of hydrogen-bond acceptors (Lipinski definition) is 3. The summed E-state index contributed by atoms with van der Waals surface area (Å²) in [4.78, 5) is 13.8. The summed E-state index contributed by atoms with van der Waals surface area (Å²) < 4.78 is 5.28. The number of nitrogens with two attached hydrogens (primary N) is 1. The summed E-state index contributed by atoms with van der Waals surface area (Å²) in [5.41, 5.74) is 5.85. The van der Waals surface area contributed by atoms with Crippen LogP contribution in [0.2, 0.25) is 0 Å². The fraction of sp³-hybridized carbons (Fsp3) is 0.909. The molecule has 1 rings (SSSR count). The largest absolute Gasteiger partial charge is 0.380 e. The van der Waals surface area contributed by atoms with Crippen LogP contribution in [0, 0.1) is 5.92 Å². The second-order valence-corrected chi connectivity index (χ2v) is 4.55. The number of rotatable bonds is 3. The van der Waals surface area contributed by atoms with Gasteiger partial charge in [-0.25, -0.2) is 0 Å². The average Bonchev–Trinajstić information content (AvgIpc) is 2.27. The van der Waals surface area contributed by atoms with Gasteiger partial charge in [0.15, 0.2) is 0 Å². The normalized spacial score (nSPS) is 24.3. The summed E-state index contributed by atoms with van der Waals surface area (Å²) in [6.07, 6.45) is 2.23. The molecule has 0 aromatic heterocycles. The van der Waals surface area contributed by atoms with E-state index in [1.165, 1.54) is 0 Å². The third-order valence-electron chi connectivity index (χ3n) is 3.03. The van der Waals surface area contributed by atoms with Crippen LogP contribution in [-0.2, 0) is 9.53 Å². The zero-order chi connectivity index (χ0) is 11.4. The van der Waals surface area contributed by atoms with E-state index in [0.29, 0.717) is 6.54 Å². The molecule has 15 heavy (non-hydrogen) atoms. The Labute approximate surface area is 91.8 Å². The van der Waals surface area contributed by atoms with E-state index in [-0.39, 0.29) is 24.0 Å². The molecule has 4 nitrogen and oxygen atoms in total. The first-order chi connectivity index (χ1) is 7.06. The summed E-state index contributed by atoms with van der Waals surface area (Å²) in [6, 6.07) is -0.374. The van der Waals surface area contributed by atoms with Crippen molar-refractivity contribution in [2.45, 2.75) is 38.8 Å². The first-order valence-corrected chi connectivity index (χ1v) is 5.63. The zero-order valence-corrected chi connectivity index (χ0v) is 9.90. The molecule has 88 valence electrons. The fourth-order valence-corrected chi connectivity index (χ4v) is 1.83. The van der Waals surface area contributed by atoms with Gasteiger partial charge in [-0.15, -0.1) is 0 Å². The molecule has 4 heteroatoms. The number of ether oxygens (including phenoxy) is 1. The first-order valence-electron chi connectivity index (χ1n) is 5.63. The van der Waals surface area contributed by atoms with Crippen LogP contribution in [0.25, 0.3) is 0 Å². The summed E-state index contributed by atoms with van der Waals surface area (Å²) >= 11 is 0. The van der Waals surface area contributed by atoms with Crippen molar-refractivity contribution in [3.05, 3.63) is 0 Å². The second kappa shape index (κ2) is 5.47. The van der Waals surface area contributed by atoms with Crippen LogP contribution in [0.5, 0.6) is 0 Å². The van der Waals surface area contributed by atoms with Crippen molar-refractivity contribution in [2.24, 2.45) is 11.7 Å². The van der Waals surface area contributed by atoms with Crippen LogP contribution in [0.1, 0.15) is 26.7 Å². The van der Waals surface area contributed by atoms with Crippen molar-refractivity contribution in [1.29, 1.82) is 0 Å².